The highest BCUT2D eigenvalue weighted by molar-refractivity contribution is 5.76. The maximum atomic E-state index is 13.2. The summed E-state index contributed by atoms with van der Waals surface area (Å²) < 4.78 is 14.7. The molecule has 0 unspecified atom stereocenters. The molecule has 8 nitrogen and oxygen atoms in total. The Morgan fingerprint density at radius 3 is 3.00 bits per heavy atom. The van der Waals surface area contributed by atoms with Gasteiger partial charge in [0.15, 0.2) is 17.2 Å². The number of halogens is 1. The van der Waals surface area contributed by atoms with E-state index in [4.69, 9.17) is 5.11 Å². The van der Waals surface area contributed by atoms with Crippen LogP contribution in [0.15, 0.2) is 29.2 Å². The number of hydrogen-bond acceptors (Lipinski definition) is 5. The Kier molecular flexibility index (Phi) is 4.46. The summed E-state index contributed by atoms with van der Waals surface area (Å²) in [6.07, 6.45) is 1.81. The number of rotatable bonds is 5. The van der Waals surface area contributed by atoms with Crippen molar-refractivity contribution in [2.75, 3.05) is 0 Å². The van der Waals surface area contributed by atoms with E-state index in [0.29, 0.717) is 22.4 Å². The Labute approximate surface area is 141 Å². The molecule has 0 fully saturated rings. The van der Waals surface area contributed by atoms with Crippen molar-refractivity contribution in [3.05, 3.63) is 52.0 Å². The number of aromatic nitrogens is 4. The van der Waals surface area contributed by atoms with Gasteiger partial charge < -0.3 is 15.4 Å². The molecule has 0 atom stereocenters. The van der Waals surface area contributed by atoms with E-state index in [1.165, 1.54) is 23.0 Å². The van der Waals surface area contributed by atoms with Crippen LogP contribution in [0.5, 0.6) is 5.75 Å². The molecule has 9 heteroatoms. The van der Waals surface area contributed by atoms with Gasteiger partial charge in [0.05, 0.1) is 6.20 Å². The number of nitrogens with zero attached hydrogens (tertiary/aromatic N) is 3. The fraction of sp³-hybridized carbons (Fsp3) is 0.250. The molecule has 3 rings (SSSR count). The number of carbonyl (C=O) groups is 1. The summed E-state index contributed by atoms with van der Waals surface area (Å²) in [5.41, 5.74) is 0.693. The lowest BCUT2D eigenvalue weighted by atomic mass is 10.2. The van der Waals surface area contributed by atoms with E-state index in [0.717, 1.165) is 6.07 Å². The van der Waals surface area contributed by atoms with E-state index in [2.05, 4.69) is 20.4 Å². The van der Waals surface area contributed by atoms with E-state index in [-0.39, 0.29) is 30.9 Å². The van der Waals surface area contributed by atoms with Crippen molar-refractivity contribution in [3.8, 4) is 5.75 Å². The zero-order chi connectivity index (χ0) is 18.0. The molecule has 2 aromatic heterocycles. The maximum absolute atomic E-state index is 13.2. The fourth-order valence-corrected chi connectivity index (χ4v) is 2.38. The number of carbonyl (C=O) groups excluding carboxylic acids is 1. The number of aromatic amines is 1. The molecule has 0 saturated heterocycles. The predicted molar refractivity (Wildman–Crippen MR) is 87.4 cm³/mol. The second kappa shape index (κ2) is 6.71. The number of phenols is 1. The molecule has 25 heavy (non-hydrogen) atoms. The molecule has 0 aliphatic heterocycles. The second-order valence-corrected chi connectivity index (χ2v) is 5.58. The molecule has 2 heterocycles. The summed E-state index contributed by atoms with van der Waals surface area (Å²) in [5.74, 6) is -1.04. The normalized spacial score (nSPS) is 11.0. The number of nitrogens with one attached hydrogen (secondary N) is 2. The average Bonchev–Trinajstić information content (AvgIpc) is 2.96. The molecule has 3 aromatic rings. The lowest BCUT2D eigenvalue weighted by Crippen LogP contribution is -2.24. The van der Waals surface area contributed by atoms with Crippen LogP contribution in [-0.2, 0) is 24.8 Å². The van der Waals surface area contributed by atoms with Crippen molar-refractivity contribution in [2.45, 2.75) is 19.4 Å². The van der Waals surface area contributed by atoms with Gasteiger partial charge in [-0.25, -0.2) is 9.37 Å². The first-order valence-electron chi connectivity index (χ1n) is 7.59. The van der Waals surface area contributed by atoms with Gasteiger partial charge in [-0.3, -0.25) is 14.3 Å². The summed E-state index contributed by atoms with van der Waals surface area (Å²) >= 11 is 0. The molecule has 1 aromatic carbocycles. The van der Waals surface area contributed by atoms with E-state index < -0.39 is 11.6 Å². The molecule has 130 valence electrons. The average molecular weight is 345 g/mol. The molecule has 0 bridgehead atoms. The van der Waals surface area contributed by atoms with Crippen LogP contribution in [0.4, 0.5) is 4.39 Å². The van der Waals surface area contributed by atoms with Crippen molar-refractivity contribution < 1.29 is 14.3 Å². The summed E-state index contributed by atoms with van der Waals surface area (Å²) in [7, 11) is 1.68. The molecule has 0 aliphatic carbocycles. The van der Waals surface area contributed by atoms with Gasteiger partial charge in [-0.1, -0.05) is 6.07 Å². The Morgan fingerprint density at radius 1 is 1.44 bits per heavy atom. The SMILES string of the molecule is Cn1ncc2c(=O)[nH]c(CCC(=O)NCc3ccc(O)c(F)c3)nc21. The predicted octanol–water partition coefficient (Wildman–Crippen LogP) is 0.750. The zero-order valence-electron chi connectivity index (χ0n) is 13.4. The molecular weight excluding hydrogens is 329 g/mol. The number of amides is 1. The number of phenolic OH excluding ortho intramolecular Hbond substituents is 1. The van der Waals surface area contributed by atoms with Gasteiger partial charge in [-0.15, -0.1) is 0 Å². The Bertz CT molecular complexity index is 995. The van der Waals surface area contributed by atoms with Crippen LogP contribution >= 0.6 is 0 Å². The molecule has 0 spiro atoms. The first-order valence-corrected chi connectivity index (χ1v) is 7.59. The number of hydrogen-bond donors (Lipinski definition) is 3. The molecule has 0 radical (unpaired) electrons. The van der Waals surface area contributed by atoms with Crippen LogP contribution in [0.1, 0.15) is 17.8 Å². The quantitative estimate of drug-likeness (QED) is 0.632. The number of H-pyrrole nitrogens is 1. The fourth-order valence-electron chi connectivity index (χ4n) is 2.38. The van der Waals surface area contributed by atoms with Crippen LogP contribution in [0.3, 0.4) is 0 Å². The van der Waals surface area contributed by atoms with E-state index >= 15 is 0 Å². The van der Waals surface area contributed by atoms with Crippen LogP contribution in [0.2, 0.25) is 0 Å². The van der Waals surface area contributed by atoms with Crippen LogP contribution in [0.25, 0.3) is 11.0 Å². The number of aryl methyl sites for hydroxylation is 2. The van der Waals surface area contributed by atoms with Crippen molar-refractivity contribution in [1.82, 2.24) is 25.1 Å². The third kappa shape index (κ3) is 3.65. The first kappa shape index (κ1) is 16.6. The van der Waals surface area contributed by atoms with Crippen LogP contribution in [0, 0.1) is 5.82 Å². The van der Waals surface area contributed by atoms with E-state index in [1.807, 2.05) is 0 Å². The van der Waals surface area contributed by atoms with Gasteiger partial charge in [-0.2, -0.15) is 5.10 Å². The third-order valence-corrected chi connectivity index (χ3v) is 3.74. The molecule has 0 aliphatic rings. The maximum Gasteiger partial charge on any atom is 0.262 e. The topological polar surface area (TPSA) is 113 Å². The molecular formula is C16H16FN5O3. The Morgan fingerprint density at radius 2 is 2.24 bits per heavy atom. The van der Waals surface area contributed by atoms with Crippen LogP contribution < -0.4 is 10.9 Å². The summed E-state index contributed by atoms with van der Waals surface area (Å²) in [4.78, 5) is 30.8. The number of benzene rings is 1. The minimum Gasteiger partial charge on any atom is -0.505 e. The van der Waals surface area contributed by atoms with Gasteiger partial charge in [0.25, 0.3) is 5.56 Å². The third-order valence-electron chi connectivity index (χ3n) is 3.74. The van der Waals surface area contributed by atoms with Gasteiger partial charge in [0.2, 0.25) is 5.91 Å². The first-order chi connectivity index (χ1) is 11.9. The van der Waals surface area contributed by atoms with E-state index in [1.54, 1.807) is 7.05 Å². The van der Waals surface area contributed by atoms with Gasteiger partial charge in [-0.05, 0) is 17.7 Å². The lowest BCUT2D eigenvalue weighted by Gasteiger charge is -2.06. The highest BCUT2D eigenvalue weighted by Gasteiger charge is 2.10. The van der Waals surface area contributed by atoms with Crippen molar-refractivity contribution in [1.29, 1.82) is 0 Å². The molecule has 3 N–H and O–H groups in total. The molecule has 1 amide bonds. The standard InChI is InChI=1S/C16H16FN5O3/c1-22-15-10(8-19-22)16(25)21-13(20-15)4-5-14(24)18-7-9-2-3-12(23)11(17)6-9/h2-3,6,8,23H,4-5,7H2,1H3,(H,18,24)(H,20,21,25). The van der Waals surface area contributed by atoms with Crippen molar-refractivity contribution in [2.24, 2.45) is 7.05 Å². The summed E-state index contributed by atoms with van der Waals surface area (Å²) in [6, 6.07) is 3.91. The van der Waals surface area contributed by atoms with Crippen molar-refractivity contribution >= 4 is 16.9 Å². The van der Waals surface area contributed by atoms with E-state index in [9.17, 15) is 14.0 Å². The summed E-state index contributed by atoms with van der Waals surface area (Å²) in [5, 5.41) is 16.1. The highest BCUT2D eigenvalue weighted by Crippen LogP contribution is 2.16. The Hall–Kier alpha value is -3.23. The second-order valence-electron chi connectivity index (χ2n) is 5.58. The minimum absolute atomic E-state index is 0.118. The number of aromatic hydroxyl groups is 1. The minimum atomic E-state index is -0.738. The Balaban J connectivity index is 1.59. The van der Waals surface area contributed by atoms with Crippen molar-refractivity contribution in [3.63, 3.8) is 0 Å². The van der Waals surface area contributed by atoms with Crippen LogP contribution in [-0.4, -0.2) is 30.8 Å². The lowest BCUT2D eigenvalue weighted by molar-refractivity contribution is -0.121. The largest absolute Gasteiger partial charge is 0.505 e. The van der Waals surface area contributed by atoms with Gasteiger partial charge >= 0.3 is 0 Å². The smallest absolute Gasteiger partial charge is 0.262 e. The summed E-state index contributed by atoms with van der Waals surface area (Å²) in [6.45, 7) is 0.140. The van der Waals surface area contributed by atoms with Gasteiger partial charge in [0, 0.05) is 26.4 Å². The van der Waals surface area contributed by atoms with Gasteiger partial charge in [0.1, 0.15) is 11.2 Å². The number of fused-ring (bicyclic) bond motifs is 1. The highest BCUT2D eigenvalue weighted by atomic mass is 19.1. The zero-order valence-corrected chi connectivity index (χ0v) is 13.4. The monoisotopic (exact) mass is 345 g/mol. The molecule has 0 saturated carbocycles.